The summed E-state index contributed by atoms with van der Waals surface area (Å²) in [4.78, 5) is 42.8. The maximum absolute atomic E-state index is 12.4. The SMILES string of the molecule is CCC/C=C/C/C=C/C/C=C/C/C=C/CCCCCC(=O)OC[C@H](COP(=O)(O)O)OC(=O)CCCCCCCCCCCCCCCCCC. The minimum atomic E-state index is -4.76. The Bertz CT molecular complexity index is 968. The van der Waals surface area contributed by atoms with Gasteiger partial charge in [0.05, 0.1) is 6.61 Å². The summed E-state index contributed by atoms with van der Waals surface area (Å²) < 4.78 is 26.3. The smallest absolute Gasteiger partial charge is 0.462 e. The van der Waals surface area contributed by atoms with Crippen molar-refractivity contribution in [3.8, 4) is 0 Å². The molecule has 2 N–H and O–H groups in total. The molecule has 0 saturated heterocycles. The van der Waals surface area contributed by atoms with E-state index in [9.17, 15) is 14.2 Å². The first-order chi connectivity index (χ1) is 24.8. The van der Waals surface area contributed by atoms with Gasteiger partial charge in [0.15, 0.2) is 6.10 Å². The van der Waals surface area contributed by atoms with Crippen LogP contribution in [0.3, 0.4) is 0 Å². The van der Waals surface area contributed by atoms with Crippen molar-refractivity contribution in [3.63, 3.8) is 0 Å². The number of unbranched alkanes of at least 4 members (excludes halogenated alkanes) is 19. The fraction of sp³-hybridized carbons (Fsp3) is 0.762. The highest BCUT2D eigenvalue weighted by Gasteiger charge is 2.22. The second kappa shape index (κ2) is 37.8. The van der Waals surface area contributed by atoms with Gasteiger partial charge in [-0.2, -0.15) is 0 Å². The normalized spacial score (nSPS) is 12.9. The van der Waals surface area contributed by atoms with Gasteiger partial charge in [-0.25, -0.2) is 4.57 Å². The number of carbonyl (C=O) groups excluding carboxylic acids is 2. The average Bonchev–Trinajstić information content (AvgIpc) is 3.10. The molecule has 0 amide bonds. The largest absolute Gasteiger partial charge is 0.469 e. The van der Waals surface area contributed by atoms with E-state index in [0.717, 1.165) is 64.2 Å². The van der Waals surface area contributed by atoms with Crippen LogP contribution in [0.15, 0.2) is 48.6 Å². The lowest BCUT2D eigenvalue weighted by Crippen LogP contribution is -2.29. The van der Waals surface area contributed by atoms with Gasteiger partial charge in [0.25, 0.3) is 0 Å². The Kier molecular flexibility index (Phi) is 36.3. The number of hydrogen-bond acceptors (Lipinski definition) is 6. The highest BCUT2D eigenvalue weighted by molar-refractivity contribution is 7.46. The van der Waals surface area contributed by atoms with Crippen molar-refractivity contribution in [2.75, 3.05) is 13.2 Å². The van der Waals surface area contributed by atoms with E-state index in [0.29, 0.717) is 12.8 Å². The third-order valence-electron chi connectivity index (χ3n) is 8.58. The molecule has 0 bridgehead atoms. The second-order valence-corrected chi connectivity index (χ2v) is 14.9. The number of ether oxygens (including phenoxy) is 2. The van der Waals surface area contributed by atoms with Crippen molar-refractivity contribution in [3.05, 3.63) is 48.6 Å². The van der Waals surface area contributed by atoms with Gasteiger partial charge < -0.3 is 19.3 Å². The number of phosphoric acid groups is 1. The third kappa shape index (κ3) is 40.6. The minimum Gasteiger partial charge on any atom is -0.462 e. The molecule has 0 aliphatic heterocycles. The third-order valence-corrected chi connectivity index (χ3v) is 9.07. The summed E-state index contributed by atoms with van der Waals surface area (Å²) in [6.45, 7) is 3.59. The number of allylic oxidation sites excluding steroid dienone is 8. The molecule has 0 aromatic carbocycles. The monoisotopic (exact) mass is 739 g/mol. The van der Waals surface area contributed by atoms with E-state index in [1.165, 1.54) is 83.5 Å². The molecule has 9 heteroatoms. The quantitative estimate of drug-likeness (QED) is 0.0280. The fourth-order valence-electron chi connectivity index (χ4n) is 5.54. The minimum absolute atomic E-state index is 0.206. The fourth-order valence-corrected chi connectivity index (χ4v) is 5.90. The number of phosphoric ester groups is 1. The van der Waals surface area contributed by atoms with Crippen molar-refractivity contribution >= 4 is 19.8 Å². The van der Waals surface area contributed by atoms with E-state index in [2.05, 4.69) is 67.0 Å². The molecule has 0 heterocycles. The van der Waals surface area contributed by atoms with E-state index in [1.54, 1.807) is 0 Å². The lowest BCUT2D eigenvalue weighted by atomic mass is 10.0. The Labute approximate surface area is 312 Å². The van der Waals surface area contributed by atoms with Gasteiger partial charge >= 0.3 is 19.8 Å². The molecule has 0 fully saturated rings. The molecule has 0 rings (SSSR count). The molecule has 0 aromatic heterocycles. The number of carbonyl (C=O) groups is 2. The molecular weight excluding hydrogens is 663 g/mol. The molecule has 0 radical (unpaired) electrons. The summed E-state index contributed by atoms with van der Waals surface area (Å²) in [5, 5.41) is 0. The van der Waals surface area contributed by atoms with Crippen LogP contribution in [0.25, 0.3) is 0 Å². The van der Waals surface area contributed by atoms with Crippen molar-refractivity contribution in [2.45, 2.75) is 193 Å². The number of esters is 2. The van der Waals surface area contributed by atoms with E-state index in [-0.39, 0.29) is 19.4 Å². The second-order valence-electron chi connectivity index (χ2n) is 13.6. The van der Waals surface area contributed by atoms with Gasteiger partial charge in [0, 0.05) is 12.8 Å². The van der Waals surface area contributed by atoms with Crippen LogP contribution in [0.4, 0.5) is 0 Å². The summed E-state index contributed by atoms with van der Waals surface area (Å²) in [5.74, 6) is -0.918. The Morgan fingerprint density at radius 3 is 1.39 bits per heavy atom. The number of hydrogen-bond donors (Lipinski definition) is 2. The highest BCUT2D eigenvalue weighted by atomic mass is 31.2. The highest BCUT2D eigenvalue weighted by Crippen LogP contribution is 2.36. The van der Waals surface area contributed by atoms with Gasteiger partial charge in [-0.1, -0.05) is 172 Å². The van der Waals surface area contributed by atoms with E-state index in [1.807, 2.05) is 0 Å². The molecule has 0 saturated carbocycles. The van der Waals surface area contributed by atoms with Gasteiger partial charge in [0.2, 0.25) is 0 Å². The van der Waals surface area contributed by atoms with Crippen molar-refractivity contribution in [1.29, 1.82) is 0 Å². The Balaban J connectivity index is 3.98. The summed E-state index contributed by atoms with van der Waals surface area (Å²) >= 11 is 0. The predicted octanol–water partition coefficient (Wildman–Crippen LogP) is 12.3. The van der Waals surface area contributed by atoms with Crippen LogP contribution in [0.1, 0.15) is 187 Å². The summed E-state index contributed by atoms with van der Waals surface area (Å²) in [6, 6.07) is 0. The molecule has 0 aliphatic carbocycles. The maximum Gasteiger partial charge on any atom is 0.469 e. The van der Waals surface area contributed by atoms with Crippen LogP contribution >= 0.6 is 7.82 Å². The van der Waals surface area contributed by atoms with Crippen molar-refractivity contribution in [2.24, 2.45) is 0 Å². The van der Waals surface area contributed by atoms with Crippen molar-refractivity contribution < 1.29 is 37.9 Å². The van der Waals surface area contributed by atoms with Gasteiger partial charge in [-0.3, -0.25) is 14.1 Å². The van der Waals surface area contributed by atoms with Crippen molar-refractivity contribution in [1.82, 2.24) is 0 Å². The Hall–Kier alpha value is -1.99. The van der Waals surface area contributed by atoms with Gasteiger partial charge in [-0.05, 0) is 51.4 Å². The summed E-state index contributed by atoms with van der Waals surface area (Å²) in [5.41, 5.74) is 0. The number of rotatable bonds is 37. The standard InChI is InChI=1S/C42H75O8P/c1-3-5-7-9-11-13-15-17-19-21-23-24-26-28-30-32-34-36-41(43)48-38-40(39-49-51(45,46)47)50-42(44)37-35-33-31-29-27-25-22-20-18-16-14-12-10-8-6-4-2/h7,9,13,15,19,21,24,26,40H,3-6,8,10-12,14,16-18,20,22-23,25,27-39H2,1-2H3,(H2,45,46,47)/b9-7+,15-13+,21-19+,26-24+/t40-/m1/s1. The summed E-state index contributed by atoms with van der Waals surface area (Å²) in [6.07, 6.45) is 45.4. The van der Waals surface area contributed by atoms with Crippen LogP contribution in [-0.2, 0) is 28.2 Å². The predicted molar refractivity (Wildman–Crippen MR) is 211 cm³/mol. The van der Waals surface area contributed by atoms with Crippen LogP contribution in [-0.4, -0.2) is 41.0 Å². The van der Waals surface area contributed by atoms with E-state index in [4.69, 9.17) is 19.3 Å². The Morgan fingerprint density at radius 1 is 0.510 bits per heavy atom. The van der Waals surface area contributed by atoms with E-state index < -0.39 is 32.5 Å². The molecule has 0 aliphatic rings. The molecule has 0 spiro atoms. The molecule has 1 atom stereocenters. The average molecular weight is 739 g/mol. The molecule has 8 nitrogen and oxygen atoms in total. The summed E-state index contributed by atoms with van der Waals surface area (Å²) in [7, 11) is -4.76. The molecular formula is C42H75O8P. The van der Waals surface area contributed by atoms with E-state index >= 15 is 0 Å². The topological polar surface area (TPSA) is 119 Å². The molecule has 0 aromatic rings. The zero-order valence-electron chi connectivity index (χ0n) is 32.5. The zero-order valence-corrected chi connectivity index (χ0v) is 33.4. The van der Waals surface area contributed by atoms with Crippen LogP contribution in [0.2, 0.25) is 0 Å². The Morgan fingerprint density at radius 2 is 0.922 bits per heavy atom. The lowest BCUT2D eigenvalue weighted by molar-refractivity contribution is -0.161. The van der Waals surface area contributed by atoms with Gasteiger partial charge in [-0.15, -0.1) is 0 Å². The zero-order chi connectivity index (χ0) is 37.5. The molecule has 0 unspecified atom stereocenters. The first-order valence-corrected chi connectivity index (χ1v) is 22.0. The molecule has 296 valence electrons. The first kappa shape index (κ1) is 49.0. The molecule has 51 heavy (non-hydrogen) atoms. The van der Waals surface area contributed by atoms with Crippen LogP contribution in [0, 0.1) is 0 Å². The lowest BCUT2D eigenvalue weighted by Gasteiger charge is -2.18. The first-order valence-electron chi connectivity index (χ1n) is 20.4. The maximum atomic E-state index is 12.4. The van der Waals surface area contributed by atoms with Crippen LogP contribution in [0.5, 0.6) is 0 Å². The van der Waals surface area contributed by atoms with Gasteiger partial charge in [0.1, 0.15) is 6.61 Å². The van der Waals surface area contributed by atoms with Crippen LogP contribution < -0.4 is 0 Å².